The number of nitrogens with zero attached hydrogens (tertiary/aromatic N) is 4. The van der Waals surface area contributed by atoms with Gasteiger partial charge in [-0.25, -0.2) is 0 Å². The van der Waals surface area contributed by atoms with E-state index in [1.54, 1.807) is 12.4 Å². The number of benzene rings is 2. The van der Waals surface area contributed by atoms with Crippen LogP contribution in [0.1, 0.15) is 25.3 Å². The highest BCUT2D eigenvalue weighted by Gasteiger charge is 2.20. The van der Waals surface area contributed by atoms with Gasteiger partial charge in [0.05, 0.1) is 11.8 Å². The second kappa shape index (κ2) is 10.4. The topological polar surface area (TPSA) is 73.1 Å². The fraction of sp³-hybridized carbons (Fsp3) is 0.240. The van der Waals surface area contributed by atoms with Crippen LogP contribution < -0.4 is 4.74 Å². The Kier molecular flexibility index (Phi) is 7.19. The van der Waals surface area contributed by atoms with Gasteiger partial charge in [-0.05, 0) is 41.8 Å². The van der Waals surface area contributed by atoms with Crippen LogP contribution in [0.3, 0.4) is 0 Å². The maximum atomic E-state index is 10.5. The van der Waals surface area contributed by atoms with Crippen molar-refractivity contribution < 1.29 is 9.84 Å². The van der Waals surface area contributed by atoms with Gasteiger partial charge >= 0.3 is 0 Å². The molecule has 0 spiro atoms. The van der Waals surface area contributed by atoms with E-state index in [2.05, 4.69) is 45.7 Å². The zero-order valence-electron chi connectivity index (χ0n) is 18.1. The normalized spacial score (nSPS) is 12.1. The molecule has 164 valence electrons. The van der Waals surface area contributed by atoms with Crippen LogP contribution >= 0.6 is 11.8 Å². The maximum absolute atomic E-state index is 10.5. The van der Waals surface area contributed by atoms with E-state index in [1.165, 1.54) is 17.3 Å². The van der Waals surface area contributed by atoms with Crippen LogP contribution in [0.25, 0.3) is 17.1 Å². The lowest BCUT2D eigenvalue weighted by Crippen LogP contribution is -2.20. The lowest BCUT2D eigenvalue weighted by molar-refractivity contribution is 0.126. The molecule has 0 radical (unpaired) electrons. The average molecular weight is 447 g/mol. The van der Waals surface area contributed by atoms with Crippen LogP contribution in [0.15, 0.2) is 84.3 Å². The standard InChI is InChI=1S/C25H26N4O2S/c1-18(2)22-12-6-7-13-23(22)29-24(19-9-8-14-26-15-19)27-28-25(29)32-17-20(30)16-31-21-10-4-3-5-11-21/h3-15,18,20,30H,16-17H2,1-2H3. The summed E-state index contributed by atoms with van der Waals surface area (Å²) in [5.41, 5.74) is 3.12. The number of para-hydroxylation sites is 2. The molecule has 2 aromatic heterocycles. The Balaban J connectivity index is 1.59. The fourth-order valence-corrected chi connectivity index (χ4v) is 4.22. The highest BCUT2D eigenvalue weighted by atomic mass is 32.2. The molecule has 4 rings (SSSR count). The third kappa shape index (κ3) is 5.18. The number of aliphatic hydroxyl groups is 1. The molecule has 0 fully saturated rings. The number of rotatable bonds is 9. The van der Waals surface area contributed by atoms with Crippen molar-refractivity contribution in [1.29, 1.82) is 0 Å². The first-order chi connectivity index (χ1) is 15.6. The largest absolute Gasteiger partial charge is 0.491 e. The third-order valence-corrected chi connectivity index (χ3v) is 6.02. The fourth-order valence-electron chi connectivity index (χ4n) is 3.37. The summed E-state index contributed by atoms with van der Waals surface area (Å²) in [4.78, 5) is 4.25. The number of aliphatic hydroxyl groups excluding tert-OH is 1. The molecule has 7 heteroatoms. The molecule has 0 amide bonds. The molecule has 1 atom stereocenters. The number of aromatic nitrogens is 4. The third-order valence-electron chi connectivity index (χ3n) is 4.94. The summed E-state index contributed by atoms with van der Waals surface area (Å²) in [6.45, 7) is 4.55. The van der Waals surface area contributed by atoms with E-state index in [4.69, 9.17) is 4.74 Å². The Morgan fingerprint density at radius 1 is 0.969 bits per heavy atom. The minimum Gasteiger partial charge on any atom is -0.491 e. The van der Waals surface area contributed by atoms with Crippen LogP contribution in [-0.2, 0) is 0 Å². The zero-order chi connectivity index (χ0) is 22.3. The molecule has 0 bridgehead atoms. The SMILES string of the molecule is CC(C)c1ccccc1-n1c(SCC(O)COc2ccccc2)nnc1-c1cccnc1. The molecule has 2 aromatic carbocycles. The lowest BCUT2D eigenvalue weighted by Gasteiger charge is -2.17. The smallest absolute Gasteiger partial charge is 0.196 e. The van der Waals surface area contributed by atoms with Gasteiger partial charge in [0.1, 0.15) is 12.4 Å². The summed E-state index contributed by atoms with van der Waals surface area (Å²) in [6.07, 6.45) is 2.88. The molecule has 6 nitrogen and oxygen atoms in total. The summed E-state index contributed by atoms with van der Waals surface area (Å²) >= 11 is 1.46. The quantitative estimate of drug-likeness (QED) is 0.365. The van der Waals surface area contributed by atoms with Gasteiger partial charge < -0.3 is 9.84 Å². The van der Waals surface area contributed by atoms with E-state index in [0.717, 1.165) is 28.0 Å². The van der Waals surface area contributed by atoms with E-state index in [9.17, 15) is 5.11 Å². The molecule has 1 N–H and O–H groups in total. The first-order valence-corrected chi connectivity index (χ1v) is 11.6. The molecule has 1 unspecified atom stereocenters. The monoisotopic (exact) mass is 446 g/mol. The Morgan fingerprint density at radius 2 is 1.75 bits per heavy atom. The van der Waals surface area contributed by atoms with Crippen LogP contribution in [0.5, 0.6) is 5.75 Å². The first-order valence-electron chi connectivity index (χ1n) is 10.6. The highest BCUT2D eigenvalue weighted by molar-refractivity contribution is 7.99. The van der Waals surface area contributed by atoms with Gasteiger partial charge in [0.25, 0.3) is 0 Å². The number of ether oxygens (including phenoxy) is 1. The molecular weight excluding hydrogens is 420 g/mol. The summed E-state index contributed by atoms with van der Waals surface area (Å²) in [6, 6.07) is 21.6. The van der Waals surface area contributed by atoms with Crippen LogP contribution in [0, 0.1) is 0 Å². The van der Waals surface area contributed by atoms with Crippen molar-refractivity contribution in [3.05, 3.63) is 84.7 Å². The average Bonchev–Trinajstić information content (AvgIpc) is 3.26. The molecule has 32 heavy (non-hydrogen) atoms. The van der Waals surface area contributed by atoms with Crippen molar-refractivity contribution in [2.75, 3.05) is 12.4 Å². The molecule has 2 heterocycles. The van der Waals surface area contributed by atoms with E-state index in [-0.39, 0.29) is 6.61 Å². The van der Waals surface area contributed by atoms with Gasteiger partial charge in [-0.2, -0.15) is 0 Å². The number of hydrogen-bond acceptors (Lipinski definition) is 6. The maximum Gasteiger partial charge on any atom is 0.196 e. The summed E-state index contributed by atoms with van der Waals surface area (Å²) in [7, 11) is 0. The summed E-state index contributed by atoms with van der Waals surface area (Å²) in [5.74, 6) is 2.23. The highest BCUT2D eigenvalue weighted by Crippen LogP contribution is 2.32. The number of hydrogen-bond donors (Lipinski definition) is 1. The minimum atomic E-state index is -0.646. The minimum absolute atomic E-state index is 0.212. The van der Waals surface area contributed by atoms with Gasteiger partial charge in [-0.15, -0.1) is 10.2 Å². The Morgan fingerprint density at radius 3 is 2.50 bits per heavy atom. The van der Waals surface area contributed by atoms with Gasteiger partial charge in [0, 0.05) is 23.7 Å². The Hall–Kier alpha value is -3.16. The van der Waals surface area contributed by atoms with Gasteiger partial charge in [-0.3, -0.25) is 9.55 Å². The summed E-state index contributed by atoms with van der Waals surface area (Å²) in [5, 5.41) is 20.1. The van der Waals surface area contributed by atoms with E-state index in [0.29, 0.717) is 11.7 Å². The van der Waals surface area contributed by atoms with Crippen molar-refractivity contribution in [2.24, 2.45) is 0 Å². The molecule has 4 aromatic rings. The van der Waals surface area contributed by atoms with Crippen molar-refractivity contribution in [1.82, 2.24) is 19.7 Å². The molecule has 0 saturated heterocycles. The first kappa shape index (κ1) is 22.0. The zero-order valence-corrected chi connectivity index (χ0v) is 18.9. The Bertz CT molecular complexity index is 1130. The van der Waals surface area contributed by atoms with Crippen LogP contribution in [-0.4, -0.2) is 43.3 Å². The summed E-state index contributed by atoms with van der Waals surface area (Å²) < 4.78 is 7.74. The van der Waals surface area contributed by atoms with Crippen molar-refractivity contribution in [3.8, 4) is 22.8 Å². The van der Waals surface area contributed by atoms with Crippen molar-refractivity contribution >= 4 is 11.8 Å². The predicted molar refractivity (Wildman–Crippen MR) is 127 cm³/mol. The van der Waals surface area contributed by atoms with Crippen molar-refractivity contribution in [3.63, 3.8) is 0 Å². The molecule has 0 saturated carbocycles. The second-order valence-corrected chi connectivity index (χ2v) is 8.67. The Labute approximate surface area is 192 Å². The van der Waals surface area contributed by atoms with Gasteiger partial charge in [0.15, 0.2) is 11.0 Å². The molecule has 0 aliphatic carbocycles. The number of thioether (sulfide) groups is 1. The van der Waals surface area contributed by atoms with E-state index < -0.39 is 6.10 Å². The van der Waals surface area contributed by atoms with Gasteiger partial charge in [-0.1, -0.05) is 62.0 Å². The number of pyridine rings is 1. The second-order valence-electron chi connectivity index (χ2n) is 7.69. The predicted octanol–water partition coefficient (Wildman–Crippen LogP) is 4.98. The molecule has 0 aliphatic rings. The van der Waals surface area contributed by atoms with Crippen LogP contribution in [0.4, 0.5) is 0 Å². The molecular formula is C25H26N4O2S. The van der Waals surface area contributed by atoms with Crippen LogP contribution in [0.2, 0.25) is 0 Å². The van der Waals surface area contributed by atoms with Crippen molar-refractivity contribution in [2.45, 2.75) is 31.0 Å². The van der Waals surface area contributed by atoms with Gasteiger partial charge in [0.2, 0.25) is 0 Å². The lowest BCUT2D eigenvalue weighted by atomic mass is 10.0. The van der Waals surface area contributed by atoms with E-state index in [1.807, 2.05) is 54.6 Å². The molecule has 0 aliphatic heterocycles. The van der Waals surface area contributed by atoms with E-state index >= 15 is 0 Å².